The van der Waals surface area contributed by atoms with Crippen molar-refractivity contribution in [1.29, 1.82) is 0 Å². The van der Waals surface area contributed by atoms with Crippen LogP contribution in [0, 0.1) is 0 Å². The summed E-state index contributed by atoms with van der Waals surface area (Å²) in [5, 5.41) is 0. The molecule has 0 saturated carbocycles. The molecular weight excluding hydrogens is 744 g/mol. The van der Waals surface area contributed by atoms with E-state index >= 15 is 0 Å². The molecule has 0 atom stereocenters. The molecule has 42 N–H and O–H groups in total. The fraction of sp³-hybridized carbons (Fsp3) is 0. The summed E-state index contributed by atoms with van der Waals surface area (Å²) in [6.07, 6.45) is 0. The van der Waals surface area contributed by atoms with Crippen LogP contribution < -0.4 is 161 Å². The van der Waals surface area contributed by atoms with Crippen molar-refractivity contribution in [2.24, 2.45) is 0 Å². The Morgan fingerprint density at radius 3 is 0.200 bits per heavy atom. The minimum absolute atomic E-state index is 0. The first-order valence-corrected chi connectivity index (χ1v) is 0. The first kappa shape index (κ1) is 2310. The average Bonchev–Trinajstić information content (AvgIpc) is 0. The van der Waals surface area contributed by atoms with Gasteiger partial charge in [0.2, 0.25) is 0 Å². The maximum Gasteiger partial charge on any atom is 4.00 e. The van der Waals surface area contributed by atoms with E-state index in [1.165, 1.54) is 0 Å². The molecule has 0 heterocycles. The van der Waals surface area contributed by atoms with E-state index in [9.17, 15) is 0 Å². The third-order valence-electron chi connectivity index (χ3n) is 0. The molecular formula is H42Cl6N14O2Ru3-6. The van der Waals surface area contributed by atoms with E-state index in [1.807, 2.05) is 0 Å². The van der Waals surface area contributed by atoms with E-state index in [0.717, 1.165) is 0 Å². The van der Waals surface area contributed by atoms with Crippen LogP contribution in [0.5, 0.6) is 0 Å². The van der Waals surface area contributed by atoms with Crippen molar-refractivity contribution in [3.8, 4) is 0 Å². The Kier molecular flexibility index (Phi) is 190000. The summed E-state index contributed by atoms with van der Waals surface area (Å²) in [5.41, 5.74) is 0. The molecule has 25 heteroatoms. The van der Waals surface area contributed by atoms with Crippen molar-refractivity contribution in [3.05, 3.63) is 0 Å². The van der Waals surface area contributed by atoms with Gasteiger partial charge in [-0.15, -0.1) is 0 Å². The Morgan fingerprint density at radius 1 is 0.200 bits per heavy atom. The van der Waals surface area contributed by atoms with E-state index in [2.05, 4.69) is 0 Å². The Labute approximate surface area is 228 Å². The van der Waals surface area contributed by atoms with E-state index in [0.29, 0.717) is 0 Å². The average molecular weight is 786 g/mol. The van der Waals surface area contributed by atoms with Gasteiger partial charge in [0, 0.05) is 39.0 Å². The van der Waals surface area contributed by atoms with Gasteiger partial charge in [0.15, 0.2) is 0 Å². The van der Waals surface area contributed by atoms with Crippen LogP contribution in [0.3, 0.4) is 0 Å². The van der Waals surface area contributed by atoms with Crippen LogP contribution in [-0.4, -0.2) is 0 Å². The van der Waals surface area contributed by atoms with Gasteiger partial charge in [-0.25, -0.2) is 0 Å². The van der Waals surface area contributed by atoms with Crippen LogP contribution >= 0.6 is 0 Å². The predicted molar refractivity (Wildman–Crippen MR) is 71.7 cm³/mol. The smallest absolute Gasteiger partial charge is 2.00 e. The van der Waals surface area contributed by atoms with Gasteiger partial charge in [0.1, 0.15) is 0 Å². The molecule has 0 aliphatic rings. The van der Waals surface area contributed by atoms with Gasteiger partial charge in [-0.3, -0.25) is 0 Å². The molecule has 0 aromatic heterocycles. The van der Waals surface area contributed by atoms with Crippen molar-refractivity contribution in [2.45, 2.75) is 0 Å². The minimum atomic E-state index is 0. The third-order valence-corrected chi connectivity index (χ3v) is 0. The first-order valence-electron chi connectivity index (χ1n) is 0. The molecule has 196 valence electrons. The summed E-state index contributed by atoms with van der Waals surface area (Å²) in [5.74, 6) is 0. The normalized spacial score (nSPS) is 0. The zero-order chi connectivity index (χ0) is 0. The number of hydrogen-bond acceptors (Lipinski definition) is 14. The second kappa shape index (κ2) is 2060. The minimum Gasteiger partial charge on any atom is -2.00 e. The molecule has 0 aliphatic heterocycles. The zero-order valence-corrected chi connectivity index (χ0v) is 23.8. The standard InChI is InChI=1S/6ClH.14H3N.2O.3Ru/h6*1H;14*1H3;;;;;/q;;;;;;;;;;;;;;;;;;;;2*-2;;;+4/p-6. The van der Waals surface area contributed by atoms with Crippen LogP contribution in [0.25, 0.3) is 0 Å². The fourth-order valence-corrected chi connectivity index (χ4v) is 0. The molecule has 0 aliphatic carbocycles. The summed E-state index contributed by atoms with van der Waals surface area (Å²) in [6.45, 7) is 0. The molecule has 0 unspecified atom stereocenters. The molecule has 0 aromatic carbocycles. The van der Waals surface area contributed by atoms with Crippen LogP contribution in [0.15, 0.2) is 0 Å². The molecule has 0 saturated heterocycles. The summed E-state index contributed by atoms with van der Waals surface area (Å²) in [6, 6.07) is 0. The number of halogens is 6. The monoisotopic (exact) mass is 786 g/mol. The summed E-state index contributed by atoms with van der Waals surface area (Å²) >= 11 is 0. The van der Waals surface area contributed by atoms with Gasteiger partial charge in [0.05, 0.1) is 0 Å². The molecule has 0 fully saturated rings. The molecule has 25 heavy (non-hydrogen) atoms. The number of rotatable bonds is 0. The Balaban J connectivity index is 0. The molecule has 0 aromatic rings. The van der Waals surface area contributed by atoms with Gasteiger partial charge in [-0.2, -0.15) is 0 Å². The Bertz CT molecular complexity index is 40.5. The van der Waals surface area contributed by atoms with Crippen molar-refractivity contribution in [1.82, 2.24) is 86.1 Å². The fourth-order valence-electron chi connectivity index (χ4n) is 0. The first-order chi connectivity index (χ1) is 0. The maximum absolute atomic E-state index is 0. The van der Waals surface area contributed by atoms with E-state index in [1.54, 1.807) is 0 Å². The van der Waals surface area contributed by atoms with Crippen molar-refractivity contribution in [3.63, 3.8) is 0 Å². The van der Waals surface area contributed by atoms with Gasteiger partial charge in [-0.05, 0) is 0 Å². The second-order valence-corrected chi connectivity index (χ2v) is 0. The number of hydrogen-bond donors (Lipinski definition) is 14. The third kappa shape index (κ3) is 1910. The summed E-state index contributed by atoms with van der Waals surface area (Å²) in [7, 11) is 0. The quantitative estimate of drug-likeness (QED) is 0.101. The van der Waals surface area contributed by atoms with Crippen molar-refractivity contribution < 1.29 is 144 Å². The largest absolute Gasteiger partial charge is 4.00 e. The van der Waals surface area contributed by atoms with Crippen molar-refractivity contribution >= 4 is 0 Å². The maximum atomic E-state index is 0. The van der Waals surface area contributed by atoms with Crippen LogP contribution in [0.2, 0.25) is 0 Å². The van der Waals surface area contributed by atoms with E-state index in [-0.39, 0.29) is 230 Å². The van der Waals surface area contributed by atoms with Gasteiger partial charge >= 0.3 is 19.5 Å². The molecule has 0 amide bonds. The molecule has 0 rings (SSSR count). The Hall–Kier alpha value is 2.97. The SMILES string of the molecule is N.N.N.N.N.N.N.N.N.N.N.N.N.N.[Cl-].[Cl-].[Cl-].[Cl-].[Cl-].[Cl-].[O-2].[O-2].[Ru+4].[Ru].[Ru]. The van der Waals surface area contributed by atoms with Crippen LogP contribution in [-0.2, 0) is 69.4 Å². The van der Waals surface area contributed by atoms with Gasteiger partial charge in [-0.1, -0.05) is 0 Å². The molecule has 0 bridgehead atoms. The molecule has 0 radical (unpaired) electrons. The summed E-state index contributed by atoms with van der Waals surface area (Å²) < 4.78 is 0. The van der Waals surface area contributed by atoms with Crippen molar-refractivity contribution in [2.75, 3.05) is 0 Å². The van der Waals surface area contributed by atoms with Crippen LogP contribution in [0.4, 0.5) is 0 Å². The van der Waals surface area contributed by atoms with E-state index in [4.69, 9.17) is 0 Å². The Morgan fingerprint density at radius 2 is 0.200 bits per heavy atom. The van der Waals surface area contributed by atoms with Crippen LogP contribution in [0.1, 0.15) is 0 Å². The molecule has 0 spiro atoms. The van der Waals surface area contributed by atoms with Gasteiger partial charge < -0.3 is 172 Å². The summed E-state index contributed by atoms with van der Waals surface area (Å²) in [4.78, 5) is 0. The van der Waals surface area contributed by atoms with E-state index < -0.39 is 0 Å². The zero-order valence-electron chi connectivity index (χ0n) is 14.0. The topological polar surface area (TPSA) is 547 Å². The second-order valence-electron chi connectivity index (χ2n) is 0. The molecule has 16 nitrogen and oxygen atoms in total. The predicted octanol–water partition coefficient (Wildman–Crippen LogP) is -16.0. The van der Waals surface area contributed by atoms with Gasteiger partial charge in [0.25, 0.3) is 0 Å².